The van der Waals surface area contributed by atoms with Crippen molar-refractivity contribution in [2.75, 3.05) is 4.90 Å². The number of amides is 1. The van der Waals surface area contributed by atoms with Crippen LogP contribution in [0.25, 0.3) is 11.0 Å². The number of carbonyl (C=O) groups excluding carboxylic acids is 1. The van der Waals surface area contributed by atoms with Gasteiger partial charge in [0.1, 0.15) is 0 Å². The zero-order valence-corrected chi connectivity index (χ0v) is 17.4. The van der Waals surface area contributed by atoms with Gasteiger partial charge in [-0.15, -0.1) is 11.3 Å². The summed E-state index contributed by atoms with van der Waals surface area (Å²) in [5.74, 6) is 0.337. The predicted octanol–water partition coefficient (Wildman–Crippen LogP) is 4.90. The fourth-order valence-corrected chi connectivity index (χ4v) is 4.50. The van der Waals surface area contributed by atoms with Crippen molar-refractivity contribution in [3.63, 3.8) is 0 Å². The highest BCUT2D eigenvalue weighted by Gasteiger charge is 2.31. The van der Waals surface area contributed by atoms with E-state index in [2.05, 4.69) is 10.1 Å². The van der Waals surface area contributed by atoms with Crippen molar-refractivity contribution in [3.05, 3.63) is 64.4 Å². The average Bonchev–Trinajstić information content (AvgIpc) is 3.43. The minimum Gasteiger partial charge on any atom is -0.268 e. The molecule has 1 aliphatic carbocycles. The SMILES string of the molecule is Cc1csc(N(C(=O)c2cc(C3CC3)nc3c2c(C)nn3C)c2ccccc2)n1. The number of para-hydroxylation sites is 1. The van der Waals surface area contributed by atoms with E-state index in [4.69, 9.17) is 4.98 Å². The number of anilines is 2. The van der Waals surface area contributed by atoms with E-state index >= 15 is 0 Å². The quantitative estimate of drug-likeness (QED) is 0.486. The molecule has 0 radical (unpaired) electrons. The molecule has 0 bridgehead atoms. The van der Waals surface area contributed by atoms with Gasteiger partial charge in [0, 0.05) is 24.0 Å². The van der Waals surface area contributed by atoms with E-state index in [0.717, 1.165) is 46.6 Å². The van der Waals surface area contributed by atoms with Crippen molar-refractivity contribution in [3.8, 4) is 0 Å². The smallest absolute Gasteiger partial charge is 0.265 e. The zero-order valence-electron chi connectivity index (χ0n) is 16.6. The molecule has 7 heteroatoms. The lowest BCUT2D eigenvalue weighted by Crippen LogP contribution is -2.26. The Kier molecular flexibility index (Phi) is 4.20. The van der Waals surface area contributed by atoms with Crippen LogP contribution in [0.5, 0.6) is 0 Å². The lowest BCUT2D eigenvalue weighted by atomic mass is 10.1. The lowest BCUT2D eigenvalue weighted by Gasteiger charge is -2.21. The molecule has 3 heterocycles. The molecule has 5 rings (SSSR count). The maximum Gasteiger partial charge on any atom is 0.265 e. The topological polar surface area (TPSA) is 63.9 Å². The number of hydrogen-bond donors (Lipinski definition) is 0. The molecule has 146 valence electrons. The van der Waals surface area contributed by atoms with Gasteiger partial charge >= 0.3 is 0 Å². The van der Waals surface area contributed by atoms with Gasteiger partial charge in [-0.1, -0.05) is 18.2 Å². The molecular weight excluding hydrogens is 382 g/mol. The van der Waals surface area contributed by atoms with E-state index in [-0.39, 0.29) is 5.91 Å². The summed E-state index contributed by atoms with van der Waals surface area (Å²) in [6.07, 6.45) is 2.24. The molecule has 0 unspecified atom stereocenters. The number of pyridine rings is 1. The molecule has 6 nitrogen and oxygen atoms in total. The minimum absolute atomic E-state index is 0.101. The number of benzene rings is 1. The van der Waals surface area contributed by atoms with Crippen molar-refractivity contribution in [1.82, 2.24) is 19.7 Å². The van der Waals surface area contributed by atoms with Gasteiger partial charge in [0.15, 0.2) is 10.8 Å². The second-order valence-electron chi connectivity index (χ2n) is 7.52. The normalized spacial score (nSPS) is 13.8. The standard InChI is InChI=1S/C22H21N5OS/c1-13-12-29-22(23-13)27(16-7-5-4-6-8-16)21(28)17-11-18(15-9-10-15)24-20-19(17)14(2)25-26(20)3/h4-8,11-12,15H,9-10H2,1-3H3. The second kappa shape index (κ2) is 6.77. The molecule has 1 aromatic carbocycles. The lowest BCUT2D eigenvalue weighted by molar-refractivity contribution is 0.100. The van der Waals surface area contributed by atoms with Crippen LogP contribution >= 0.6 is 11.3 Å². The third-order valence-electron chi connectivity index (χ3n) is 5.23. The van der Waals surface area contributed by atoms with E-state index in [9.17, 15) is 4.79 Å². The van der Waals surface area contributed by atoms with Crippen molar-refractivity contribution in [1.29, 1.82) is 0 Å². The molecular formula is C22H21N5OS. The van der Waals surface area contributed by atoms with Gasteiger partial charge in [0.2, 0.25) is 0 Å². The fraction of sp³-hybridized carbons (Fsp3) is 0.273. The summed E-state index contributed by atoms with van der Waals surface area (Å²) in [4.78, 5) is 25.1. The van der Waals surface area contributed by atoms with Crippen molar-refractivity contribution in [2.45, 2.75) is 32.6 Å². The Labute approximate surface area is 172 Å². The Balaban J connectivity index is 1.72. The Morgan fingerprint density at radius 3 is 2.59 bits per heavy atom. The molecule has 4 aromatic rings. The van der Waals surface area contributed by atoms with Gasteiger partial charge in [-0.05, 0) is 44.9 Å². The highest BCUT2D eigenvalue weighted by atomic mass is 32.1. The zero-order chi connectivity index (χ0) is 20.1. The molecule has 0 saturated heterocycles. The fourth-order valence-electron chi connectivity index (χ4n) is 3.68. The molecule has 3 aromatic heterocycles. The van der Waals surface area contributed by atoms with Gasteiger partial charge in [-0.2, -0.15) is 5.10 Å². The number of aryl methyl sites for hydroxylation is 3. The predicted molar refractivity (Wildman–Crippen MR) is 115 cm³/mol. The van der Waals surface area contributed by atoms with Crippen molar-refractivity contribution < 1.29 is 4.79 Å². The summed E-state index contributed by atoms with van der Waals surface area (Å²) >= 11 is 1.47. The van der Waals surface area contributed by atoms with Crippen LogP contribution in [0.3, 0.4) is 0 Å². The third kappa shape index (κ3) is 3.11. The molecule has 0 aliphatic heterocycles. The summed E-state index contributed by atoms with van der Waals surface area (Å²) in [5.41, 5.74) is 4.88. The van der Waals surface area contributed by atoms with Crippen molar-refractivity contribution in [2.24, 2.45) is 7.05 Å². The van der Waals surface area contributed by atoms with E-state index in [1.54, 1.807) is 9.58 Å². The average molecular weight is 404 g/mol. The van der Waals surface area contributed by atoms with Crippen LogP contribution in [0.1, 0.15) is 46.2 Å². The van der Waals surface area contributed by atoms with Crippen LogP contribution in [-0.2, 0) is 7.05 Å². The maximum absolute atomic E-state index is 14.0. The highest BCUT2D eigenvalue weighted by molar-refractivity contribution is 7.14. The maximum atomic E-state index is 14.0. The van der Waals surface area contributed by atoms with Crippen LogP contribution in [0.15, 0.2) is 41.8 Å². The Hall–Kier alpha value is -3.06. The number of rotatable bonds is 4. The van der Waals surface area contributed by atoms with Gasteiger partial charge in [-0.25, -0.2) is 9.97 Å². The monoisotopic (exact) mass is 403 g/mol. The number of thiazole rings is 1. The first-order valence-electron chi connectivity index (χ1n) is 9.69. The number of hydrogen-bond acceptors (Lipinski definition) is 5. The molecule has 29 heavy (non-hydrogen) atoms. The first-order chi connectivity index (χ1) is 14.0. The summed E-state index contributed by atoms with van der Waals surface area (Å²) in [6.45, 7) is 3.87. The molecule has 0 N–H and O–H groups in total. The van der Waals surface area contributed by atoms with Gasteiger partial charge in [0.05, 0.1) is 28.0 Å². The largest absolute Gasteiger partial charge is 0.268 e. The third-order valence-corrected chi connectivity index (χ3v) is 6.17. The van der Waals surface area contributed by atoms with Crippen LogP contribution in [0, 0.1) is 13.8 Å². The Morgan fingerprint density at radius 2 is 1.93 bits per heavy atom. The van der Waals surface area contributed by atoms with Gasteiger partial charge < -0.3 is 0 Å². The number of nitrogens with zero attached hydrogens (tertiary/aromatic N) is 5. The minimum atomic E-state index is -0.101. The summed E-state index contributed by atoms with van der Waals surface area (Å²) in [5, 5.41) is 7.98. The van der Waals surface area contributed by atoms with E-state index in [0.29, 0.717) is 16.6 Å². The van der Waals surface area contributed by atoms with E-state index in [1.165, 1.54) is 11.3 Å². The number of carbonyl (C=O) groups is 1. The first-order valence-corrected chi connectivity index (χ1v) is 10.6. The van der Waals surface area contributed by atoms with Crippen LogP contribution < -0.4 is 4.90 Å². The summed E-state index contributed by atoms with van der Waals surface area (Å²) in [6, 6.07) is 11.6. The van der Waals surface area contributed by atoms with Crippen molar-refractivity contribution >= 4 is 39.1 Å². The number of aromatic nitrogens is 4. The molecule has 1 aliphatic rings. The Bertz CT molecular complexity index is 1220. The van der Waals surface area contributed by atoms with E-state index in [1.807, 2.05) is 62.7 Å². The van der Waals surface area contributed by atoms with Gasteiger partial charge in [-0.3, -0.25) is 14.4 Å². The van der Waals surface area contributed by atoms with Gasteiger partial charge in [0.25, 0.3) is 5.91 Å². The highest BCUT2D eigenvalue weighted by Crippen LogP contribution is 2.41. The van der Waals surface area contributed by atoms with Crippen LogP contribution in [0.2, 0.25) is 0 Å². The van der Waals surface area contributed by atoms with Crippen LogP contribution in [0.4, 0.5) is 10.8 Å². The Morgan fingerprint density at radius 1 is 1.17 bits per heavy atom. The second-order valence-corrected chi connectivity index (χ2v) is 8.36. The molecule has 0 spiro atoms. The molecule has 1 saturated carbocycles. The van der Waals surface area contributed by atoms with Crippen LogP contribution in [-0.4, -0.2) is 25.7 Å². The first kappa shape index (κ1) is 18.0. The molecule has 1 amide bonds. The molecule has 0 atom stereocenters. The summed E-state index contributed by atoms with van der Waals surface area (Å²) < 4.78 is 1.77. The van der Waals surface area contributed by atoms with E-state index < -0.39 is 0 Å². The summed E-state index contributed by atoms with van der Waals surface area (Å²) in [7, 11) is 1.88. The molecule has 1 fully saturated rings. The number of fused-ring (bicyclic) bond motifs is 1.